The van der Waals surface area contributed by atoms with Gasteiger partial charge in [0.25, 0.3) is 23.6 Å². The fourth-order valence-electron chi connectivity index (χ4n) is 17.0. The van der Waals surface area contributed by atoms with Gasteiger partial charge in [-0.05, 0) is 239 Å². The molecule has 15 nitrogen and oxygen atoms in total. The van der Waals surface area contributed by atoms with Crippen LogP contribution in [-0.4, -0.2) is 100 Å². The molecule has 5 unspecified atom stereocenters. The zero-order valence-corrected chi connectivity index (χ0v) is 82.4. The Morgan fingerprint density at radius 2 is 0.622 bits per heavy atom. The van der Waals surface area contributed by atoms with Gasteiger partial charge in [0.1, 0.15) is 34.2 Å². The zero-order chi connectivity index (χ0) is 84.2. The van der Waals surface area contributed by atoms with E-state index in [0.29, 0.717) is 78.0 Å². The highest BCUT2D eigenvalue weighted by Gasteiger charge is 2.51. The molecule has 26 heteroatoms. The second-order valence-corrected chi connectivity index (χ2v) is 46.2. The molecule has 0 spiro atoms. The van der Waals surface area contributed by atoms with Crippen LogP contribution < -0.4 is 0 Å². The minimum atomic E-state index is -0.314. The summed E-state index contributed by atoms with van der Waals surface area (Å²) >= 11 is 27.2. The number of benzene rings is 1. The van der Waals surface area contributed by atoms with Crippen molar-refractivity contribution in [3.63, 3.8) is 0 Å². The number of unbranched alkanes of at least 4 members (excludes halogenated alkanes) is 22. The average molecular weight is 2040 g/mol. The van der Waals surface area contributed by atoms with Crippen molar-refractivity contribution in [3.8, 4) is 63.4 Å². The average Bonchev–Trinajstić information content (AvgIpc) is 1.71. The highest BCUT2D eigenvalue weighted by Crippen LogP contribution is 2.48. The number of amides is 6. The van der Waals surface area contributed by atoms with E-state index in [4.69, 9.17) is 0 Å². The second-order valence-electron chi connectivity index (χ2n) is 32.6. The summed E-state index contributed by atoms with van der Waals surface area (Å²) in [6.45, 7) is 16.8. The highest BCUT2D eigenvalue weighted by molar-refractivity contribution is 9.12. The summed E-state index contributed by atoms with van der Waals surface area (Å²) in [5, 5.41) is 29.3. The van der Waals surface area contributed by atoms with Crippen LogP contribution in [0.3, 0.4) is 0 Å². The lowest BCUT2D eigenvalue weighted by molar-refractivity contribution is -0.140. The third-order valence-corrected chi connectivity index (χ3v) is 32.6. The fraction of sp³-hybridized carbons (Fsp3) is 0.505. The summed E-state index contributed by atoms with van der Waals surface area (Å²) in [6.07, 6.45) is 38.0. The van der Waals surface area contributed by atoms with E-state index in [9.17, 15) is 28.8 Å². The molecule has 6 amide bonds. The van der Waals surface area contributed by atoms with Crippen molar-refractivity contribution in [2.45, 2.75) is 254 Å². The number of aromatic nitrogens is 6. The molecule has 12 heterocycles. The number of hydrogen-bond donors (Lipinski definition) is 0. The standard InChI is InChI=1S/C34H45Br2N3O2S2.C30H32BrN3O2S2.C29H33Br2N3O2S2/c1-3-5-7-9-11-12-14-16-18-24(17-15-13-10-8-6-4-2)23-39-33(40)29-30(34(39)41)32(26-20-22-28(36)43-26)38-37-31(29)25-19-21-27(35)42-25;1-4-5-6-7-8-9-10-18(2)17-34-29(35)22-15-20-21(16-23(22)30(34)36)28(25-13-14-26(31)38-25)33-32-27(20)24-12-11-19(3)37-24;1-3-4-5-6-7-8-9-17(2)16-34-28(35)20-14-18-19(15-21(20)29(34)36)27(23-11-13-25(31)38-23)33-32-26(18)22-10-12-24(30)37-22/h19-22,24H,3-18,23H2,1-2H3;11-16,18H,4-10,17H2,1-3H3;10-13,17,20-21H,3-9,14-16H2,1-2H3. The quantitative estimate of drug-likeness (QED) is 0.0260. The number of carbonyl (C=O) groups is 6. The van der Waals surface area contributed by atoms with Gasteiger partial charge in [0.2, 0.25) is 11.8 Å². The maximum Gasteiger partial charge on any atom is 0.263 e. The number of halogens is 5. The first-order valence-electron chi connectivity index (χ1n) is 43.2. The Hall–Kier alpha value is -5.26. The van der Waals surface area contributed by atoms with Gasteiger partial charge >= 0.3 is 0 Å². The summed E-state index contributed by atoms with van der Waals surface area (Å²) in [6, 6.07) is 27.7. The Morgan fingerprint density at radius 3 is 0.958 bits per heavy atom. The minimum Gasteiger partial charge on any atom is -0.282 e. The van der Waals surface area contributed by atoms with E-state index < -0.39 is 0 Å². The Labute approximate surface area is 769 Å². The molecule has 10 aromatic rings. The number of rotatable bonds is 42. The van der Waals surface area contributed by atoms with Crippen LogP contribution in [0.5, 0.6) is 0 Å². The van der Waals surface area contributed by atoms with E-state index in [-0.39, 0.29) is 53.2 Å². The van der Waals surface area contributed by atoms with Crippen molar-refractivity contribution in [2.75, 3.05) is 19.6 Å². The smallest absolute Gasteiger partial charge is 0.263 e. The SMILES string of the molecule is CCCCCCCCC(C)CN1C(=O)C2Cc3c(-c4ccc(Br)s4)nnc(-c4ccc(Br)s4)c3CC2C1=O.CCCCCCCCC(C)CN1C(=O)c2cc3c(-c4ccc(C)s4)nnc(-c4ccc(Br)s4)c3cc2C1=O.CCCCCCCCCCC(CCCCCCCC)CN1C(=O)c2c(-c3ccc(Br)s3)nnc(-c3ccc(Br)s3)c2C1=O. The van der Waals surface area contributed by atoms with E-state index in [1.165, 1.54) is 179 Å². The second kappa shape index (κ2) is 45.6. The first-order chi connectivity index (χ1) is 57.7. The topological polar surface area (TPSA) is 189 Å². The molecule has 5 atom stereocenters. The van der Waals surface area contributed by atoms with Crippen molar-refractivity contribution in [1.82, 2.24) is 45.3 Å². The molecule has 9 aromatic heterocycles. The molecule has 0 saturated carbocycles. The largest absolute Gasteiger partial charge is 0.282 e. The molecule has 4 aliphatic rings. The molecule has 1 aliphatic carbocycles. The third-order valence-electron chi connectivity index (χ3n) is 23.4. The Balaban J connectivity index is 0.000000164. The first-order valence-corrected chi connectivity index (χ1v) is 52.1. The van der Waals surface area contributed by atoms with E-state index in [2.05, 4.69) is 165 Å². The van der Waals surface area contributed by atoms with Gasteiger partial charge in [0.15, 0.2) is 0 Å². The number of fused-ring (bicyclic) bond motifs is 5. The maximum atomic E-state index is 14.1. The highest BCUT2D eigenvalue weighted by atomic mass is 79.9. The maximum absolute atomic E-state index is 14.1. The monoisotopic (exact) mass is 2040 g/mol. The van der Waals surface area contributed by atoms with E-state index in [1.807, 2.05) is 78.9 Å². The minimum absolute atomic E-state index is 0.00372. The molecule has 0 bridgehead atoms. The molecule has 119 heavy (non-hydrogen) atoms. The molecule has 634 valence electrons. The van der Waals surface area contributed by atoms with Crippen LogP contribution in [0.25, 0.3) is 74.2 Å². The number of hydrogen-bond acceptors (Lipinski definition) is 18. The van der Waals surface area contributed by atoms with Gasteiger partial charge in [-0.3, -0.25) is 43.5 Å². The predicted molar refractivity (Wildman–Crippen MR) is 512 cm³/mol. The van der Waals surface area contributed by atoms with Crippen LogP contribution >= 0.6 is 148 Å². The van der Waals surface area contributed by atoms with E-state index in [0.717, 1.165) is 144 Å². The van der Waals surface area contributed by atoms with Gasteiger partial charge in [0.05, 0.1) is 82.3 Å². The lowest BCUT2D eigenvalue weighted by Gasteiger charge is -2.26. The fourth-order valence-corrected chi connectivity index (χ4v) is 24.8. The number of carbonyl (C=O) groups excluding carboxylic acids is 6. The van der Waals surface area contributed by atoms with Crippen LogP contribution in [0.4, 0.5) is 0 Å². The zero-order valence-electron chi connectivity index (χ0n) is 69.5. The van der Waals surface area contributed by atoms with Crippen molar-refractivity contribution in [3.05, 3.63) is 142 Å². The summed E-state index contributed by atoms with van der Waals surface area (Å²) in [7, 11) is 0. The number of aryl methyl sites for hydroxylation is 1. The van der Waals surface area contributed by atoms with Crippen LogP contribution in [0.1, 0.15) is 292 Å². The summed E-state index contributed by atoms with van der Waals surface area (Å²) in [5.74, 6) is -0.596. The van der Waals surface area contributed by atoms with Gasteiger partial charge in [-0.1, -0.05) is 208 Å². The molecule has 1 aromatic carbocycles. The van der Waals surface area contributed by atoms with Crippen molar-refractivity contribution in [1.29, 1.82) is 0 Å². The van der Waals surface area contributed by atoms with Crippen LogP contribution in [-0.2, 0) is 22.4 Å². The number of thiophene rings is 6. The van der Waals surface area contributed by atoms with Crippen LogP contribution in [0.2, 0.25) is 0 Å². The normalized spacial score (nSPS) is 15.7. The van der Waals surface area contributed by atoms with E-state index >= 15 is 0 Å². The molecule has 14 rings (SSSR count). The molecule has 1 saturated heterocycles. The van der Waals surface area contributed by atoms with Gasteiger partial charge in [-0.25, -0.2) is 0 Å². The summed E-state index contributed by atoms with van der Waals surface area (Å²) < 4.78 is 4.95. The summed E-state index contributed by atoms with van der Waals surface area (Å²) in [4.78, 5) is 93.9. The first kappa shape index (κ1) is 92.9. The summed E-state index contributed by atoms with van der Waals surface area (Å²) in [5.41, 5.74) is 8.02. The lowest BCUT2D eigenvalue weighted by atomic mass is 9.76. The van der Waals surface area contributed by atoms with Gasteiger partial charge in [-0.15, -0.1) is 98.6 Å². The van der Waals surface area contributed by atoms with Crippen molar-refractivity contribution >= 4 is 194 Å². The number of nitrogens with zero attached hydrogens (tertiary/aromatic N) is 9. The third kappa shape index (κ3) is 23.7. The number of likely N-dealkylation sites (tertiary alicyclic amines) is 1. The molecule has 1 fully saturated rings. The van der Waals surface area contributed by atoms with Gasteiger partial charge in [-0.2, -0.15) is 0 Å². The van der Waals surface area contributed by atoms with Gasteiger partial charge < -0.3 is 0 Å². The lowest BCUT2D eigenvalue weighted by Crippen LogP contribution is -2.35. The molecular formula is C93H110Br5N9O6S6. The van der Waals surface area contributed by atoms with Crippen molar-refractivity contribution in [2.24, 2.45) is 29.6 Å². The van der Waals surface area contributed by atoms with Gasteiger partial charge in [0, 0.05) is 35.3 Å². The Bertz CT molecular complexity index is 4880. The molecule has 3 aliphatic heterocycles. The molecule has 0 radical (unpaired) electrons. The van der Waals surface area contributed by atoms with E-state index in [1.54, 1.807) is 50.2 Å². The van der Waals surface area contributed by atoms with Crippen LogP contribution in [0, 0.1) is 36.5 Å². The Morgan fingerprint density at radius 1 is 0.336 bits per heavy atom. The van der Waals surface area contributed by atoms with Crippen molar-refractivity contribution < 1.29 is 28.8 Å². The predicted octanol–water partition coefficient (Wildman–Crippen LogP) is 29.6. The Kier molecular flexibility index (Phi) is 35.6. The molecule has 0 N–H and O–H groups in total. The van der Waals surface area contributed by atoms with Crippen LogP contribution in [0.15, 0.2) is 104 Å². The molecular weight excluding hydrogens is 1930 g/mol. The number of imide groups is 3.